The summed E-state index contributed by atoms with van der Waals surface area (Å²) in [6.07, 6.45) is 1.46. The maximum atomic E-state index is 12.6. The number of hydrogen-bond acceptors (Lipinski definition) is 6. The molecule has 1 atom stereocenters. The summed E-state index contributed by atoms with van der Waals surface area (Å²) in [6, 6.07) is 14.4. The largest absolute Gasteiger partial charge is 0.490 e. The number of methoxy groups -OCH3 is 1. The highest BCUT2D eigenvalue weighted by molar-refractivity contribution is 9.10. The van der Waals surface area contributed by atoms with Gasteiger partial charge >= 0.3 is 5.97 Å². The van der Waals surface area contributed by atoms with Gasteiger partial charge in [-0.2, -0.15) is 5.26 Å². The highest BCUT2D eigenvalue weighted by Gasteiger charge is 2.16. The van der Waals surface area contributed by atoms with E-state index in [9.17, 15) is 14.9 Å². The fraction of sp³-hybridized carbons (Fsp3) is 0.261. The van der Waals surface area contributed by atoms with Gasteiger partial charge in [0.15, 0.2) is 18.1 Å². The van der Waals surface area contributed by atoms with Crippen LogP contribution in [0.2, 0.25) is 0 Å². The topological polar surface area (TPSA) is 97.6 Å². The Balaban J connectivity index is 2.27. The summed E-state index contributed by atoms with van der Waals surface area (Å²) in [5.41, 5.74) is 1.42. The molecular weight excluding hydrogens is 464 g/mol. The number of hydrogen-bond donors (Lipinski definition) is 1. The van der Waals surface area contributed by atoms with Crippen LogP contribution in [0.5, 0.6) is 11.5 Å². The third-order valence-corrected chi connectivity index (χ3v) is 4.93. The van der Waals surface area contributed by atoms with Crippen molar-refractivity contribution in [2.24, 2.45) is 0 Å². The van der Waals surface area contributed by atoms with Gasteiger partial charge in [-0.3, -0.25) is 4.79 Å². The van der Waals surface area contributed by atoms with Crippen LogP contribution in [0.3, 0.4) is 0 Å². The van der Waals surface area contributed by atoms with Gasteiger partial charge in [-0.15, -0.1) is 0 Å². The molecule has 0 radical (unpaired) electrons. The summed E-state index contributed by atoms with van der Waals surface area (Å²) < 4.78 is 16.2. The first-order valence-electron chi connectivity index (χ1n) is 9.53. The van der Waals surface area contributed by atoms with Gasteiger partial charge in [-0.05, 0) is 43.2 Å². The van der Waals surface area contributed by atoms with Crippen molar-refractivity contribution >= 4 is 33.9 Å². The van der Waals surface area contributed by atoms with Crippen molar-refractivity contribution in [3.05, 3.63) is 63.6 Å². The van der Waals surface area contributed by atoms with Gasteiger partial charge < -0.3 is 19.5 Å². The van der Waals surface area contributed by atoms with E-state index in [0.717, 1.165) is 5.56 Å². The number of esters is 1. The summed E-state index contributed by atoms with van der Waals surface area (Å²) in [6.45, 7) is 3.74. The molecule has 0 heterocycles. The number of nitrogens with one attached hydrogen (secondary N) is 1. The molecule has 1 N–H and O–H groups in total. The first-order chi connectivity index (χ1) is 14.9. The van der Waals surface area contributed by atoms with Gasteiger partial charge in [0.2, 0.25) is 0 Å². The monoisotopic (exact) mass is 486 g/mol. The summed E-state index contributed by atoms with van der Waals surface area (Å²) in [7, 11) is 1.27. The van der Waals surface area contributed by atoms with Gasteiger partial charge in [0, 0.05) is 4.47 Å². The Labute approximate surface area is 189 Å². The summed E-state index contributed by atoms with van der Waals surface area (Å²) in [5.74, 6) is -0.318. The highest BCUT2D eigenvalue weighted by atomic mass is 79.9. The van der Waals surface area contributed by atoms with Crippen molar-refractivity contribution in [1.29, 1.82) is 5.26 Å². The predicted octanol–water partition coefficient (Wildman–Crippen LogP) is 4.18. The van der Waals surface area contributed by atoms with E-state index in [-0.39, 0.29) is 18.2 Å². The predicted molar refractivity (Wildman–Crippen MR) is 119 cm³/mol. The zero-order chi connectivity index (χ0) is 22.8. The van der Waals surface area contributed by atoms with Gasteiger partial charge in [-0.25, -0.2) is 4.79 Å². The van der Waals surface area contributed by atoms with Gasteiger partial charge in [0.1, 0.15) is 11.6 Å². The number of amides is 1. The smallest absolute Gasteiger partial charge is 0.343 e. The van der Waals surface area contributed by atoms with Crippen LogP contribution in [0.1, 0.15) is 31.0 Å². The molecule has 8 heteroatoms. The van der Waals surface area contributed by atoms with Gasteiger partial charge in [0.05, 0.1) is 19.8 Å². The number of nitrogens with zero attached hydrogens (tertiary/aromatic N) is 1. The van der Waals surface area contributed by atoms with Crippen molar-refractivity contribution in [3.63, 3.8) is 0 Å². The molecule has 162 valence electrons. The molecule has 2 rings (SSSR count). The summed E-state index contributed by atoms with van der Waals surface area (Å²) in [4.78, 5) is 24.0. The van der Waals surface area contributed by atoms with Crippen LogP contribution < -0.4 is 14.8 Å². The van der Waals surface area contributed by atoms with Crippen molar-refractivity contribution in [1.82, 2.24) is 5.32 Å². The third kappa shape index (κ3) is 6.86. The first kappa shape index (κ1) is 24.0. The molecule has 0 aliphatic heterocycles. The maximum absolute atomic E-state index is 12.6. The molecule has 0 spiro atoms. The van der Waals surface area contributed by atoms with Gasteiger partial charge in [-0.1, -0.05) is 46.3 Å². The quantitative estimate of drug-likeness (QED) is 0.324. The third-order valence-electron chi connectivity index (χ3n) is 4.25. The molecule has 2 aromatic carbocycles. The molecule has 0 aliphatic rings. The van der Waals surface area contributed by atoms with Crippen LogP contribution in [0.25, 0.3) is 6.08 Å². The first-order valence-corrected chi connectivity index (χ1v) is 10.3. The van der Waals surface area contributed by atoms with Crippen LogP contribution in [0, 0.1) is 11.3 Å². The molecule has 2 aromatic rings. The number of halogens is 1. The van der Waals surface area contributed by atoms with Crippen molar-refractivity contribution in [2.75, 3.05) is 20.3 Å². The molecule has 0 unspecified atom stereocenters. The standard InChI is InChI=1S/C23H23BrN2O5/c1-4-30-20-11-17(19(24)12-21(20)31-14-22(27)29-3)10-18(13-25)23(28)26-15(2)16-8-6-5-7-9-16/h5-12,15H,4,14H2,1-3H3,(H,26,28)/b18-10-/t15-/m0/s1. The molecule has 0 fully saturated rings. The van der Waals surface area contributed by atoms with Crippen LogP contribution >= 0.6 is 15.9 Å². The molecule has 0 saturated carbocycles. The van der Waals surface area contributed by atoms with E-state index in [4.69, 9.17) is 9.47 Å². The minimum absolute atomic E-state index is 0.0610. The van der Waals surface area contributed by atoms with Crippen molar-refractivity contribution in [3.8, 4) is 17.6 Å². The minimum Gasteiger partial charge on any atom is -0.490 e. The SMILES string of the molecule is CCOc1cc(/C=C(/C#N)C(=O)N[C@@H](C)c2ccccc2)c(Br)cc1OCC(=O)OC. The maximum Gasteiger partial charge on any atom is 0.343 e. The average Bonchev–Trinajstić information content (AvgIpc) is 2.78. The Bertz CT molecular complexity index is 999. The number of carbonyl (C=O) groups excluding carboxylic acids is 2. The second kappa shape index (κ2) is 11.8. The fourth-order valence-corrected chi connectivity index (χ4v) is 3.08. The Morgan fingerprint density at radius 3 is 2.48 bits per heavy atom. The molecule has 0 aromatic heterocycles. The number of carbonyl (C=O) groups is 2. The lowest BCUT2D eigenvalue weighted by Crippen LogP contribution is -2.27. The van der Waals surface area contributed by atoms with Crippen LogP contribution in [-0.2, 0) is 14.3 Å². The molecule has 0 saturated heterocycles. The van der Waals surface area contributed by atoms with Gasteiger partial charge in [0.25, 0.3) is 5.91 Å². The summed E-state index contributed by atoms with van der Waals surface area (Å²) >= 11 is 3.41. The fourth-order valence-electron chi connectivity index (χ4n) is 2.64. The normalized spacial score (nSPS) is 11.8. The molecule has 31 heavy (non-hydrogen) atoms. The molecule has 0 aliphatic carbocycles. The van der Waals surface area contributed by atoms with E-state index in [1.54, 1.807) is 19.1 Å². The zero-order valence-electron chi connectivity index (χ0n) is 17.5. The van der Waals surface area contributed by atoms with E-state index in [1.165, 1.54) is 13.2 Å². The number of ether oxygens (including phenoxy) is 3. The lowest BCUT2D eigenvalue weighted by molar-refractivity contribution is -0.142. The second-order valence-electron chi connectivity index (χ2n) is 6.39. The number of rotatable bonds is 9. The highest BCUT2D eigenvalue weighted by Crippen LogP contribution is 2.35. The molecular formula is C23H23BrN2O5. The van der Waals surface area contributed by atoms with E-state index < -0.39 is 11.9 Å². The number of benzene rings is 2. The Kier molecular flexibility index (Phi) is 9.10. The minimum atomic E-state index is -0.529. The molecule has 1 amide bonds. The Morgan fingerprint density at radius 1 is 1.19 bits per heavy atom. The van der Waals surface area contributed by atoms with Crippen LogP contribution in [0.15, 0.2) is 52.5 Å². The van der Waals surface area contributed by atoms with E-state index >= 15 is 0 Å². The van der Waals surface area contributed by atoms with E-state index in [1.807, 2.05) is 43.3 Å². The molecule has 0 bridgehead atoms. The molecule has 7 nitrogen and oxygen atoms in total. The van der Waals surface area contributed by atoms with Crippen molar-refractivity contribution < 1.29 is 23.8 Å². The average molecular weight is 487 g/mol. The van der Waals surface area contributed by atoms with Crippen molar-refractivity contribution in [2.45, 2.75) is 19.9 Å². The zero-order valence-corrected chi connectivity index (χ0v) is 19.1. The second-order valence-corrected chi connectivity index (χ2v) is 7.25. The Morgan fingerprint density at radius 2 is 1.87 bits per heavy atom. The van der Waals surface area contributed by atoms with E-state index in [2.05, 4.69) is 26.0 Å². The lowest BCUT2D eigenvalue weighted by Gasteiger charge is -2.15. The summed E-state index contributed by atoms with van der Waals surface area (Å²) in [5, 5.41) is 12.4. The van der Waals surface area contributed by atoms with Crippen LogP contribution in [-0.4, -0.2) is 32.2 Å². The lowest BCUT2D eigenvalue weighted by atomic mass is 10.1. The van der Waals surface area contributed by atoms with E-state index in [0.29, 0.717) is 28.1 Å². The Hall–Kier alpha value is -3.31. The number of nitriles is 1. The van der Waals surface area contributed by atoms with Crippen LogP contribution in [0.4, 0.5) is 0 Å².